The first-order valence-electron chi connectivity index (χ1n) is 6.28. The van der Waals surface area contributed by atoms with Crippen molar-refractivity contribution in [1.29, 1.82) is 0 Å². The third kappa shape index (κ3) is 3.10. The summed E-state index contributed by atoms with van der Waals surface area (Å²) in [6, 6.07) is 4.04. The largest absolute Gasteiger partial charge is 0.355 e. The smallest absolute Gasteiger partial charge is 0.227 e. The van der Waals surface area contributed by atoms with E-state index in [1.54, 1.807) is 11.3 Å². The van der Waals surface area contributed by atoms with Crippen molar-refractivity contribution in [2.24, 2.45) is 5.92 Å². The molecule has 2 rings (SSSR count). The first kappa shape index (κ1) is 13.1. The Morgan fingerprint density at radius 1 is 1.61 bits per heavy atom. The van der Waals surface area contributed by atoms with Gasteiger partial charge in [-0.25, -0.2) is 0 Å². The van der Waals surface area contributed by atoms with Crippen molar-refractivity contribution < 1.29 is 9.59 Å². The lowest BCUT2D eigenvalue weighted by Crippen LogP contribution is -2.44. The van der Waals surface area contributed by atoms with Crippen molar-refractivity contribution in [1.82, 2.24) is 10.2 Å². The lowest BCUT2D eigenvalue weighted by Gasteiger charge is -2.28. The molecular formula is C13H18N2O2S. The molecule has 0 aromatic carbocycles. The van der Waals surface area contributed by atoms with Gasteiger partial charge in [-0.05, 0) is 24.8 Å². The number of amides is 2. The molecule has 1 aromatic heterocycles. The molecule has 0 saturated carbocycles. The molecule has 1 aromatic rings. The summed E-state index contributed by atoms with van der Waals surface area (Å²) in [5.41, 5.74) is 0. The van der Waals surface area contributed by atoms with Gasteiger partial charge in [-0.1, -0.05) is 6.07 Å². The van der Waals surface area contributed by atoms with Gasteiger partial charge >= 0.3 is 0 Å². The average Bonchev–Trinajstić information content (AvgIpc) is 2.89. The number of nitrogens with zero attached hydrogens (tertiary/aromatic N) is 1. The van der Waals surface area contributed by atoms with E-state index in [1.807, 2.05) is 29.3 Å². The van der Waals surface area contributed by atoms with Crippen LogP contribution in [0.1, 0.15) is 24.6 Å². The highest BCUT2D eigenvalue weighted by Crippen LogP contribution is 2.17. The molecule has 18 heavy (non-hydrogen) atoms. The Balaban J connectivity index is 1.95. The minimum Gasteiger partial charge on any atom is -0.355 e. The molecule has 2 amide bonds. The summed E-state index contributed by atoms with van der Waals surface area (Å²) < 4.78 is 0. The van der Waals surface area contributed by atoms with Crippen LogP contribution in [-0.4, -0.2) is 29.8 Å². The van der Waals surface area contributed by atoms with E-state index in [9.17, 15) is 9.59 Å². The van der Waals surface area contributed by atoms with Crippen LogP contribution in [-0.2, 0) is 16.1 Å². The minimum absolute atomic E-state index is 0.0531. The Morgan fingerprint density at radius 3 is 3.00 bits per heavy atom. The summed E-state index contributed by atoms with van der Waals surface area (Å²) in [7, 11) is 0. The quantitative estimate of drug-likeness (QED) is 0.900. The maximum Gasteiger partial charge on any atom is 0.227 e. The number of carbonyl (C=O) groups is 2. The number of hydrogen-bond acceptors (Lipinski definition) is 3. The van der Waals surface area contributed by atoms with Crippen LogP contribution in [0.3, 0.4) is 0 Å². The van der Waals surface area contributed by atoms with Crippen LogP contribution in [0.15, 0.2) is 17.5 Å². The zero-order valence-electron chi connectivity index (χ0n) is 10.5. The van der Waals surface area contributed by atoms with E-state index in [0.29, 0.717) is 32.5 Å². The molecule has 0 bridgehead atoms. The zero-order valence-corrected chi connectivity index (χ0v) is 11.3. The summed E-state index contributed by atoms with van der Waals surface area (Å²) in [5, 5.41) is 4.79. The molecule has 1 aliphatic rings. The summed E-state index contributed by atoms with van der Waals surface area (Å²) in [6.07, 6.45) is 1.14. The molecule has 1 N–H and O–H groups in total. The topological polar surface area (TPSA) is 49.4 Å². The Kier molecular flexibility index (Phi) is 4.36. The monoisotopic (exact) mass is 266 g/mol. The fourth-order valence-electron chi connectivity index (χ4n) is 2.14. The predicted octanol–water partition coefficient (Wildman–Crippen LogP) is 1.62. The molecule has 1 fully saturated rings. The number of rotatable bonds is 4. The standard InChI is InChI=1S/C13H18N2O2S/c1-2-15(9-11-4-3-7-18-11)13(17)10-5-6-12(16)14-8-10/h3-4,7,10H,2,5-6,8-9H2,1H3,(H,14,16). The second-order valence-corrected chi connectivity index (χ2v) is 5.50. The molecule has 4 nitrogen and oxygen atoms in total. The molecule has 0 radical (unpaired) electrons. The summed E-state index contributed by atoms with van der Waals surface area (Å²) in [5.74, 6) is 0.161. The number of thiophene rings is 1. The third-order valence-corrected chi connectivity index (χ3v) is 4.10. The van der Waals surface area contributed by atoms with Gasteiger partial charge in [0.05, 0.1) is 12.5 Å². The van der Waals surface area contributed by atoms with Crippen LogP contribution in [0.2, 0.25) is 0 Å². The van der Waals surface area contributed by atoms with Gasteiger partial charge in [0.15, 0.2) is 0 Å². The second-order valence-electron chi connectivity index (χ2n) is 4.47. The minimum atomic E-state index is -0.0531. The van der Waals surface area contributed by atoms with Gasteiger partial charge in [0.2, 0.25) is 11.8 Å². The maximum atomic E-state index is 12.3. The molecule has 98 valence electrons. The average molecular weight is 266 g/mol. The van der Waals surface area contributed by atoms with Gasteiger partial charge in [-0.3, -0.25) is 9.59 Å². The van der Waals surface area contributed by atoms with Crippen molar-refractivity contribution in [2.75, 3.05) is 13.1 Å². The summed E-state index contributed by atoms with van der Waals surface area (Å²) >= 11 is 1.67. The van der Waals surface area contributed by atoms with Gasteiger partial charge in [-0.15, -0.1) is 11.3 Å². The van der Waals surface area contributed by atoms with E-state index in [0.717, 1.165) is 0 Å². The zero-order chi connectivity index (χ0) is 13.0. The molecule has 0 aliphatic carbocycles. The van der Waals surface area contributed by atoms with E-state index >= 15 is 0 Å². The molecule has 2 heterocycles. The van der Waals surface area contributed by atoms with Crippen LogP contribution >= 0.6 is 11.3 Å². The molecule has 0 spiro atoms. The highest BCUT2D eigenvalue weighted by Gasteiger charge is 2.27. The van der Waals surface area contributed by atoms with E-state index < -0.39 is 0 Å². The maximum absolute atomic E-state index is 12.3. The SMILES string of the molecule is CCN(Cc1cccs1)C(=O)C1CCC(=O)NC1. The predicted molar refractivity (Wildman–Crippen MR) is 71.1 cm³/mol. The number of carbonyl (C=O) groups excluding carboxylic acids is 2. The lowest BCUT2D eigenvalue weighted by molar-refractivity contribution is -0.137. The van der Waals surface area contributed by atoms with E-state index in [-0.39, 0.29) is 17.7 Å². The third-order valence-electron chi connectivity index (χ3n) is 3.23. The Morgan fingerprint density at radius 2 is 2.44 bits per heavy atom. The van der Waals surface area contributed by atoms with Crippen molar-refractivity contribution in [3.63, 3.8) is 0 Å². The first-order valence-corrected chi connectivity index (χ1v) is 7.16. The van der Waals surface area contributed by atoms with Crippen molar-refractivity contribution in [2.45, 2.75) is 26.3 Å². The highest BCUT2D eigenvalue weighted by molar-refractivity contribution is 7.09. The van der Waals surface area contributed by atoms with Gasteiger partial charge in [0, 0.05) is 24.4 Å². The van der Waals surface area contributed by atoms with Crippen LogP contribution in [0.4, 0.5) is 0 Å². The van der Waals surface area contributed by atoms with Gasteiger partial charge < -0.3 is 10.2 Å². The van der Waals surface area contributed by atoms with Crippen LogP contribution in [0, 0.1) is 5.92 Å². The normalized spacial score (nSPS) is 19.4. The first-order chi connectivity index (χ1) is 8.70. The van der Waals surface area contributed by atoms with Crippen molar-refractivity contribution in [3.05, 3.63) is 22.4 Å². The van der Waals surface area contributed by atoms with E-state index in [1.165, 1.54) is 4.88 Å². The Hall–Kier alpha value is -1.36. The number of piperidine rings is 1. The highest BCUT2D eigenvalue weighted by atomic mass is 32.1. The van der Waals surface area contributed by atoms with E-state index in [2.05, 4.69) is 5.32 Å². The Bertz CT molecular complexity index is 407. The van der Waals surface area contributed by atoms with Gasteiger partial charge in [-0.2, -0.15) is 0 Å². The lowest BCUT2D eigenvalue weighted by atomic mass is 9.97. The fourth-order valence-corrected chi connectivity index (χ4v) is 2.86. The Labute approximate surface area is 111 Å². The molecular weight excluding hydrogens is 248 g/mol. The van der Waals surface area contributed by atoms with Crippen molar-refractivity contribution in [3.8, 4) is 0 Å². The number of hydrogen-bond donors (Lipinski definition) is 1. The second kappa shape index (κ2) is 6.00. The van der Waals surface area contributed by atoms with Crippen molar-refractivity contribution >= 4 is 23.2 Å². The van der Waals surface area contributed by atoms with E-state index in [4.69, 9.17) is 0 Å². The van der Waals surface area contributed by atoms with Crippen LogP contribution in [0.25, 0.3) is 0 Å². The molecule has 1 atom stereocenters. The van der Waals surface area contributed by atoms with Crippen LogP contribution < -0.4 is 5.32 Å². The summed E-state index contributed by atoms with van der Waals surface area (Å²) in [4.78, 5) is 26.5. The number of nitrogens with one attached hydrogen (secondary N) is 1. The van der Waals surface area contributed by atoms with Gasteiger partial charge in [0.1, 0.15) is 0 Å². The molecule has 5 heteroatoms. The summed E-state index contributed by atoms with van der Waals surface area (Å²) in [6.45, 7) is 3.87. The molecule has 1 saturated heterocycles. The fraction of sp³-hybridized carbons (Fsp3) is 0.538. The molecule has 1 aliphatic heterocycles. The van der Waals surface area contributed by atoms with Gasteiger partial charge in [0.25, 0.3) is 0 Å². The molecule has 1 unspecified atom stereocenters. The van der Waals surface area contributed by atoms with Crippen LogP contribution in [0.5, 0.6) is 0 Å².